The molecule has 49 heavy (non-hydrogen) atoms. The highest BCUT2D eigenvalue weighted by atomic mass is 19.1. The topological polar surface area (TPSA) is 96.7 Å². The number of alkyl halides is 1. The number of aliphatic imine (C=N–C) groups is 1. The number of fused-ring (bicyclic) bond motifs is 3. The summed E-state index contributed by atoms with van der Waals surface area (Å²) < 4.78 is 35.4. The molecule has 1 unspecified atom stereocenters. The minimum atomic E-state index is -0.448. The molecule has 3 saturated carbocycles. The lowest BCUT2D eigenvalue weighted by atomic mass is 9.45. The number of nitrogens with one attached hydrogen (secondary N) is 2. The van der Waals surface area contributed by atoms with Crippen LogP contribution in [-0.2, 0) is 13.0 Å². The largest absolute Gasteiger partial charge is 0.497 e. The van der Waals surface area contributed by atoms with Gasteiger partial charge in [-0.1, -0.05) is 26.8 Å². The van der Waals surface area contributed by atoms with Crippen LogP contribution in [0.2, 0.25) is 0 Å². The van der Waals surface area contributed by atoms with Gasteiger partial charge in [0, 0.05) is 55.9 Å². The highest BCUT2D eigenvalue weighted by Crippen LogP contribution is 2.61. The Kier molecular flexibility index (Phi) is 9.13. The zero-order valence-corrected chi connectivity index (χ0v) is 28.6. The van der Waals surface area contributed by atoms with E-state index in [-0.39, 0.29) is 30.0 Å². The number of nitrogens with zero attached hydrogens (tertiary/aromatic N) is 5. The number of aryl methyl sites for hydroxylation is 1. The number of hydrogen-bond donors (Lipinski definition) is 2. The molecule has 0 amide bonds. The quantitative estimate of drug-likeness (QED) is 0.177. The molecule has 8 rings (SSSR count). The monoisotopic (exact) mass is 669 g/mol. The number of guanidine groups is 1. The van der Waals surface area contributed by atoms with Crippen LogP contribution in [0.1, 0.15) is 39.2 Å². The number of methoxy groups -OCH3 is 1. The van der Waals surface area contributed by atoms with Crippen molar-refractivity contribution in [2.75, 3.05) is 38.7 Å². The van der Waals surface area contributed by atoms with Gasteiger partial charge in [0.1, 0.15) is 24.1 Å². The van der Waals surface area contributed by atoms with Crippen molar-refractivity contribution in [1.82, 2.24) is 24.8 Å². The van der Waals surface area contributed by atoms with E-state index in [2.05, 4.69) is 41.3 Å². The summed E-state index contributed by atoms with van der Waals surface area (Å²) in [5.74, 6) is 2.98. The van der Waals surface area contributed by atoms with Gasteiger partial charge in [0.15, 0.2) is 5.96 Å². The fraction of sp³-hybridized carbons (Fsp3) is 0.474. The fourth-order valence-corrected chi connectivity index (χ4v) is 8.21. The summed E-state index contributed by atoms with van der Waals surface area (Å²) in [4.78, 5) is 30.8. The summed E-state index contributed by atoms with van der Waals surface area (Å²) in [5.41, 5.74) is 2.56. The zero-order chi connectivity index (χ0) is 34.3. The summed E-state index contributed by atoms with van der Waals surface area (Å²) in [6.07, 6.45) is 5.95. The van der Waals surface area contributed by atoms with E-state index in [1.54, 1.807) is 41.2 Å². The third-order valence-corrected chi connectivity index (χ3v) is 11.3. The first-order chi connectivity index (χ1) is 23.7. The van der Waals surface area contributed by atoms with Crippen LogP contribution < -0.4 is 20.9 Å². The predicted molar refractivity (Wildman–Crippen MR) is 189 cm³/mol. The Labute approximate surface area is 285 Å². The Morgan fingerprint density at radius 3 is 2.76 bits per heavy atom. The molecule has 2 bridgehead atoms. The maximum atomic E-state index is 14.8. The van der Waals surface area contributed by atoms with Crippen LogP contribution in [-0.4, -0.2) is 70.9 Å². The second-order valence-electron chi connectivity index (χ2n) is 14.4. The minimum absolute atomic E-state index is 0.177. The molecule has 1 saturated heterocycles. The molecule has 4 aromatic rings. The average Bonchev–Trinajstić information content (AvgIpc) is 3.12. The Morgan fingerprint density at radius 2 is 2.04 bits per heavy atom. The maximum absolute atomic E-state index is 14.8. The number of piperazine rings is 1. The Morgan fingerprint density at radius 1 is 1.18 bits per heavy atom. The van der Waals surface area contributed by atoms with E-state index in [1.165, 1.54) is 19.6 Å². The first-order valence-electron chi connectivity index (χ1n) is 17.3. The van der Waals surface area contributed by atoms with Gasteiger partial charge in [-0.2, -0.15) is 0 Å². The van der Waals surface area contributed by atoms with E-state index in [1.807, 2.05) is 18.2 Å². The van der Waals surface area contributed by atoms with Crippen molar-refractivity contribution in [1.29, 1.82) is 0 Å². The van der Waals surface area contributed by atoms with Crippen molar-refractivity contribution in [3.63, 3.8) is 0 Å². The fourth-order valence-electron chi connectivity index (χ4n) is 8.21. The molecule has 0 radical (unpaired) electrons. The average molecular weight is 670 g/mol. The van der Waals surface area contributed by atoms with Crippen molar-refractivity contribution in [3.8, 4) is 17.1 Å². The molecule has 3 aliphatic carbocycles. The highest BCUT2D eigenvalue weighted by Gasteiger charge is 2.56. The number of pyridine rings is 1. The molecule has 2 aromatic heterocycles. The van der Waals surface area contributed by atoms with Crippen molar-refractivity contribution < 1.29 is 13.5 Å². The first-order valence-corrected chi connectivity index (χ1v) is 17.3. The number of anilines is 1. The predicted octanol–water partition coefficient (Wildman–Crippen LogP) is 5.93. The van der Waals surface area contributed by atoms with Crippen LogP contribution in [0.25, 0.3) is 22.3 Å². The molecule has 2 N–H and O–H groups in total. The van der Waals surface area contributed by atoms with Crippen LogP contribution in [0.5, 0.6) is 5.75 Å². The van der Waals surface area contributed by atoms with Gasteiger partial charge in [-0.05, 0) is 84.4 Å². The second-order valence-corrected chi connectivity index (χ2v) is 14.4. The van der Waals surface area contributed by atoms with Crippen molar-refractivity contribution in [2.45, 2.75) is 58.7 Å². The lowest BCUT2D eigenvalue weighted by molar-refractivity contribution is -0.108. The van der Waals surface area contributed by atoms with Crippen molar-refractivity contribution in [2.24, 2.45) is 28.2 Å². The number of rotatable bonds is 8. The summed E-state index contributed by atoms with van der Waals surface area (Å²) in [5, 5.41) is 7.29. The molecule has 5 atom stereocenters. The maximum Gasteiger partial charge on any atom is 0.261 e. The molecule has 3 heterocycles. The molecule has 4 fully saturated rings. The van der Waals surface area contributed by atoms with Crippen LogP contribution in [0.3, 0.4) is 0 Å². The van der Waals surface area contributed by atoms with Crippen LogP contribution >= 0.6 is 0 Å². The van der Waals surface area contributed by atoms with Crippen LogP contribution in [0, 0.1) is 29.0 Å². The molecule has 258 valence electrons. The first kappa shape index (κ1) is 33.1. The van der Waals surface area contributed by atoms with E-state index in [0.717, 1.165) is 18.1 Å². The number of benzene rings is 2. The number of hydrogen-bond acceptors (Lipinski definition) is 6. The van der Waals surface area contributed by atoms with Gasteiger partial charge in [-0.3, -0.25) is 14.3 Å². The molecule has 9 nitrogen and oxygen atoms in total. The molecule has 0 spiro atoms. The van der Waals surface area contributed by atoms with Gasteiger partial charge in [0.05, 0.1) is 30.1 Å². The van der Waals surface area contributed by atoms with E-state index in [9.17, 15) is 13.6 Å². The van der Waals surface area contributed by atoms with Crippen molar-refractivity contribution >= 4 is 22.5 Å². The normalized spacial score (nSPS) is 24.8. The summed E-state index contributed by atoms with van der Waals surface area (Å²) in [6.45, 7) is 8.76. The standard InChI is InChI=1S/C38H45F2N7O2/c1-23-31-16-26(38(31,2)3)17-33(23)45-37(46-15-13-42-28(20-39)22-46)43-27-8-10-30-34(18-27)44-35(25-6-5-12-41-21-25)47(36(30)48)14-11-24-7-9-29(49-4)19-32(24)40/h5-10,12,18-19,21,23,26,28,31,33,42H,11,13-17,20,22H2,1-4H3,(H,43,45)/t23-,26+,28-,31-,33?/m0/s1. The minimum Gasteiger partial charge on any atom is -0.497 e. The van der Waals surface area contributed by atoms with Gasteiger partial charge >= 0.3 is 0 Å². The number of ether oxygens (including phenoxy) is 1. The SMILES string of the molecule is COc1ccc(CCn2c(-c3cccnc3)nc3cc(N/C(=N/C4C[C@H]5C[C@@H]([C@@H]4C)C5(C)C)N4CCN[C@@H](CF)C4)ccc3c2=O)c(F)c1. The molecule has 11 heteroatoms. The van der Waals surface area contributed by atoms with Gasteiger partial charge in [0.25, 0.3) is 5.56 Å². The smallest absolute Gasteiger partial charge is 0.261 e. The molecule has 2 aromatic carbocycles. The highest BCUT2D eigenvalue weighted by molar-refractivity contribution is 5.96. The Hall–Kier alpha value is -4.38. The Balaban J connectivity index is 1.23. The summed E-state index contributed by atoms with van der Waals surface area (Å²) in [7, 11) is 1.50. The molecular formula is C38H45F2N7O2. The number of aromatic nitrogens is 3. The van der Waals surface area contributed by atoms with Gasteiger partial charge in [-0.15, -0.1) is 0 Å². The van der Waals surface area contributed by atoms with Crippen LogP contribution in [0.15, 0.2) is 70.7 Å². The molecule has 1 aliphatic heterocycles. The summed E-state index contributed by atoms with van der Waals surface area (Å²) >= 11 is 0. The zero-order valence-electron chi connectivity index (χ0n) is 28.6. The Bertz CT molecular complexity index is 1910. The third-order valence-electron chi connectivity index (χ3n) is 11.3. The van der Waals surface area contributed by atoms with Gasteiger partial charge in [-0.25, -0.2) is 18.8 Å². The second kappa shape index (κ2) is 13.5. The summed E-state index contributed by atoms with van der Waals surface area (Å²) in [6, 6.07) is 13.9. The lowest BCUT2D eigenvalue weighted by Crippen LogP contribution is -2.58. The van der Waals surface area contributed by atoms with E-state index >= 15 is 0 Å². The third kappa shape index (κ3) is 6.40. The van der Waals surface area contributed by atoms with Gasteiger partial charge in [0.2, 0.25) is 0 Å². The van der Waals surface area contributed by atoms with Crippen LogP contribution in [0.4, 0.5) is 14.5 Å². The van der Waals surface area contributed by atoms with E-state index < -0.39 is 6.67 Å². The molecule has 4 aliphatic rings. The van der Waals surface area contributed by atoms with Crippen molar-refractivity contribution in [3.05, 3.63) is 82.7 Å². The number of halogens is 2. The van der Waals surface area contributed by atoms with E-state index in [0.29, 0.717) is 82.8 Å². The lowest BCUT2D eigenvalue weighted by Gasteiger charge is -2.61. The van der Waals surface area contributed by atoms with E-state index in [4.69, 9.17) is 14.7 Å². The van der Waals surface area contributed by atoms with Gasteiger partial charge < -0.3 is 20.3 Å². The molecular weight excluding hydrogens is 624 g/mol.